The Bertz CT molecular complexity index is 589. The quantitative estimate of drug-likeness (QED) is 0.774. The Morgan fingerprint density at radius 1 is 1.25 bits per heavy atom. The maximum Gasteiger partial charge on any atom is 0.418 e. The number of amides is 2. The summed E-state index contributed by atoms with van der Waals surface area (Å²) >= 11 is 0. The number of alkyl halides is 3. The lowest BCUT2D eigenvalue weighted by Gasteiger charge is -2.16. The van der Waals surface area contributed by atoms with Crippen LogP contribution in [0.4, 0.5) is 23.7 Å². The Kier molecular flexibility index (Phi) is 6.87. The molecular weight excluding hydrogens is 329 g/mol. The van der Waals surface area contributed by atoms with Gasteiger partial charge in [-0.1, -0.05) is 0 Å². The molecule has 2 amide bonds. The molecule has 134 valence electrons. The molecule has 0 aromatic heterocycles. The van der Waals surface area contributed by atoms with Crippen LogP contribution in [0.1, 0.15) is 26.3 Å². The monoisotopic (exact) mass is 348 g/mol. The molecule has 1 aromatic carbocycles. The molecule has 0 aliphatic heterocycles. The SMILES string of the molecule is CCOc1ccc(NC(=O)NCC(=O)OC(C)C)c(C(F)(F)F)c1. The van der Waals surface area contributed by atoms with Crippen molar-refractivity contribution in [3.63, 3.8) is 0 Å². The summed E-state index contributed by atoms with van der Waals surface area (Å²) in [6.07, 6.45) is -5.03. The Hall–Kier alpha value is -2.45. The fourth-order valence-electron chi connectivity index (χ4n) is 1.75. The van der Waals surface area contributed by atoms with Crippen LogP contribution in [0.25, 0.3) is 0 Å². The fraction of sp³-hybridized carbons (Fsp3) is 0.467. The molecule has 0 fully saturated rings. The van der Waals surface area contributed by atoms with E-state index in [0.29, 0.717) is 0 Å². The van der Waals surface area contributed by atoms with Gasteiger partial charge >= 0.3 is 18.2 Å². The van der Waals surface area contributed by atoms with E-state index in [4.69, 9.17) is 9.47 Å². The maximum atomic E-state index is 13.1. The first-order valence-electron chi connectivity index (χ1n) is 7.21. The molecule has 0 unspecified atom stereocenters. The number of halogens is 3. The normalized spacial score (nSPS) is 11.1. The van der Waals surface area contributed by atoms with E-state index in [1.165, 1.54) is 6.07 Å². The van der Waals surface area contributed by atoms with E-state index in [-0.39, 0.29) is 18.5 Å². The van der Waals surface area contributed by atoms with Gasteiger partial charge in [0.1, 0.15) is 12.3 Å². The highest BCUT2D eigenvalue weighted by molar-refractivity contribution is 5.92. The summed E-state index contributed by atoms with van der Waals surface area (Å²) in [6.45, 7) is 4.66. The lowest BCUT2D eigenvalue weighted by Crippen LogP contribution is -2.35. The highest BCUT2D eigenvalue weighted by Crippen LogP contribution is 2.37. The topological polar surface area (TPSA) is 76.7 Å². The van der Waals surface area contributed by atoms with Crippen LogP contribution in [0.2, 0.25) is 0 Å². The molecule has 2 N–H and O–H groups in total. The van der Waals surface area contributed by atoms with E-state index in [0.717, 1.165) is 12.1 Å². The van der Waals surface area contributed by atoms with Crippen molar-refractivity contribution in [3.8, 4) is 5.75 Å². The number of anilines is 1. The van der Waals surface area contributed by atoms with E-state index in [9.17, 15) is 22.8 Å². The molecule has 9 heteroatoms. The zero-order valence-corrected chi connectivity index (χ0v) is 13.5. The van der Waals surface area contributed by atoms with Gasteiger partial charge in [-0.25, -0.2) is 4.79 Å². The van der Waals surface area contributed by atoms with Gasteiger partial charge in [-0.05, 0) is 39.0 Å². The average molecular weight is 348 g/mol. The first-order valence-corrected chi connectivity index (χ1v) is 7.21. The van der Waals surface area contributed by atoms with Crippen molar-refractivity contribution in [2.45, 2.75) is 33.1 Å². The number of carbonyl (C=O) groups is 2. The van der Waals surface area contributed by atoms with Crippen LogP contribution in [-0.2, 0) is 15.7 Å². The minimum Gasteiger partial charge on any atom is -0.494 e. The summed E-state index contributed by atoms with van der Waals surface area (Å²) < 4.78 is 49.0. The Morgan fingerprint density at radius 2 is 1.92 bits per heavy atom. The van der Waals surface area contributed by atoms with Crippen LogP contribution < -0.4 is 15.4 Å². The predicted octanol–water partition coefficient (Wildman–Crippen LogP) is 3.18. The fourth-order valence-corrected chi connectivity index (χ4v) is 1.75. The minimum absolute atomic E-state index is 0.0382. The van der Waals surface area contributed by atoms with Gasteiger partial charge in [-0.15, -0.1) is 0 Å². The second-order valence-electron chi connectivity index (χ2n) is 4.98. The van der Waals surface area contributed by atoms with Crippen LogP contribution in [-0.4, -0.2) is 31.3 Å². The van der Waals surface area contributed by atoms with Crippen LogP contribution >= 0.6 is 0 Å². The third-order valence-electron chi connectivity index (χ3n) is 2.62. The van der Waals surface area contributed by atoms with Crippen molar-refractivity contribution >= 4 is 17.7 Å². The molecule has 0 spiro atoms. The Balaban J connectivity index is 2.79. The van der Waals surface area contributed by atoms with E-state index < -0.39 is 36.0 Å². The first kappa shape index (κ1) is 19.6. The van der Waals surface area contributed by atoms with Crippen LogP contribution in [0.15, 0.2) is 18.2 Å². The Labute approximate surface area is 137 Å². The molecule has 1 rings (SSSR count). The molecule has 0 atom stereocenters. The molecule has 0 bridgehead atoms. The number of nitrogens with one attached hydrogen (secondary N) is 2. The van der Waals surface area contributed by atoms with Crippen molar-refractivity contribution in [2.75, 3.05) is 18.5 Å². The summed E-state index contributed by atoms with van der Waals surface area (Å²) in [7, 11) is 0. The summed E-state index contributed by atoms with van der Waals surface area (Å²) in [5, 5.41) is 4.19. The highest BCUT2D eigenvalue weighted by Gasteiger charge is 2.34. The van der Waals surface area contributed by atoms with Gasteiger partial charge in [0, 0.05) is 0 Å². The first-order chi connectivity index (χ1) is 11.1. The lowest BCUT2D eigenvalue weighted by molar-refractivity contribution is -0.146. The molecule has 1 aromatic rings. The van der Waals surface area contributed by atoms with Crippen molar-refractivity contribution in [1.82, 2.24) is 5.32 Å². The van der Waals surface area contributed by atoms with Crippen molar-refractivity contribution < 1.29 is 32.2 Å². The van der Waals surface area contributed by atoms with Gasteiger partial charge in [0.05, 0.1) is 24.0 Å². The van der Waals surface area contributed by atoms with Gasteiger partial charge < -0.3 is 20.1 Å². The second-order valence-corrected chi connectivity index (χ2v) is 4.98. The van der Waals surface area contributed by atoms with Gasteiger partial charge in [0.25, 0.3) is 0 Å². The molecule has 24 heavy (non-hydrogen) atoms. The van der Waals surface area contributed by atoms with E-state index in [1.807, 2.05) is 0 Å². The summed E-state index contributed by atoms with van der Waals surface area (Å²) in [5.41, 5.74) is -1.49. The number of ether oxygens (including phenoxy) is 2. The predicted molar refractivity (Wildman–Crippen MR) is 80.9 cm³/mol. The van der Waals surface area contributed by atoms with Gasteiger partial charge in [-0.3, -0.25) is 4.79 Å². The number of rotatable bonds is 6. The molecule has 0 heterocycles. The Morgan fingerprint density at radius 3 is 2.46 bits per heavy atom. The van der Waals surface area contributed by atoms with Crippen LogP contribution in [0.5, 0.6) is 5.75 Å². The number of hydrogen-bond donors (Lipinski definition) is 2. The summed E-state index contributed by atoms with van der Waals surface area (Å²) in [6, 6.07) is 2.23. The average Bonchev–Trinajstić information content (AvgIpc) is 2.45. The highest BCUT2D eigenvalue weighted by atomic mass is 19.4. The van der Waals surface area contributed by atoms with E-state index in [2.05, 4.69) is 10.6 Å². The number of benzene rings is 1. The standard InChI is InChI=1S/C15H19F3N2O4/c1-4-23-10-5-6-12(11(7-10)15(16,17)18)20-14(22)19-8-13(21)24-9(2)3/h5-7,9H,4,8H2,1-3H3,(H2,19,20,22). The van der Waals surface area contributed by atoms with Crippen LogP contribution in [0, 0.1) is 0 Å². The number of esters is 1. The molecule has 0 saturated heterocycles. The van der Waals surface area contributed by atoms with E-state index >= 15 is 0 Å². The third-order valence-corrected chi connectivity index (χ3v) is 2.62. The van der Waals surface area contributed by atoms with Crippen molar-refractivity contribution in [2.24, 2.45) is 0 Å². The largest absolute Gasteiger partial charge is 0.494 e. The van der Waals surface area contributed by atoms with Crippen molar-refractivity contribution in [1.29, 1.82) is 0 Å². The number of carbonyl (C=O) groups excluding carboxylic acids is 2. The van der Waals surface area contributed by atoms with E-state index in [1.54, 1.807) is 20.8 Å². The third kappa shape index (κ3) is 6.35. The molecule has 6 nitrogen and oxygen atoms in total. The second kappa shape index (κ2) is 8.42. The molecule has 0 aliphatic carbocycles. The molecular formula is C15H19F3N2O4. The van der Waals surface area contributed by atoms with Crippen molar-refractivity contribution in [3.05, 3.63) is 23.8 Å². The van der Waals surface area contributed by atoms with Gasteiger partial charge in [-0.2, -0.15) is 13.2 Å². The van der Waals surface area contributed by atoms with Crippen LogP contribution in [0.3, 0.4) is 0 Å². The molecule has 0 aliphatic rings. The summed E-state index contributed by atoms with van der Waals surface area (Å²) in [5.74, 6) is -0.654. The maximum absolute atomic E-state index is 13.1. The number of hydrogen-bond acceptors (Lipinski definition) is 4. The number of urea groups is 1. The molecule has 0 radical (unpaired) electrons. The smallest absolute Gasteiger partial charge is 0.418 e. The van der Waals surface area contributed by atoms with Gasteiger partial charge in [0.15, 0.2) is 0 Å². The zero-order chi connectivity index (χ0) is 18.3. The molecule has 0 saturated carbocycles. The zero-order valence-electron chi connectivity index (χ0n) is 13.5. The lowest BCUT2D eigenvalue weighted by atomic mass is 10.1. The van der Waals surface area contributed by atoms with Gasteiger partial charge in [0.2, 0.25) is 0 Å². The minimum atomic E-state index is -4.67. The summed E-state index contributed by atoms with van der Waals surface area (Å²) in [4.78, 5) is 23.0.